The molecule has 0 radical (unpaired) electrons. The first-order valence-corrected chi connectivity index (χ1v) is 7.95. The van der Waals surface area contributed by atoms with Crippen LogP contribution in [0.5, 0.6) is 11.5 Å². The van der Waals surface area contributed by atoms with Crippen molar-refractivity contribution in [1.29, 1.82) is 0 Å². The summed E-state index contributed by atoms with van der Waals surface area (Å²) in [5.74, 6) is 1.36. The quantitative estimate of drug-likeness (QED) is 0.731. The van der Waals surface area contributed by atoms with E-state index < -0.39 is 0 Å². The molecule has 26 heavy (non-hydrogen) atoms. The number of anilines is 1. The Hall–Kier alpha value is -3.42. The number of nitrogens with one attached hydrogen (secondary N) is 1. The van der Waals surface area contributed by atoms with Gasteiger partial charge in [-0.1, -0.05) is 29.8 Å². The van der Waals surface area contributed by atoms with Gasteiger partial charge in [-0.15, -0.1) is 10.2 Å². The molecule has 3 aromatic rings. The highest BCUT2D eigenvalue weighted by molar-refractivity contribution is 5.90. The van der Waals surface area contributed by atoms with Crippen LogP contribution in [-0.4, -0.2) is 40.3 Å². The second-order valence-electron chi connectivity index (χ2n) is 5.66. The molecule has 0 atom stereocenters. The third-order valence-electron chi connectivity index (χ3n) is 3.68. The Balaban J connectivity index is 1.68. The van der Waals surface area contributed by atoms with E-state index in [4.69, 9.17) is 9.47 Å². The number of nitrogens with zero attached hydrogens (tertiary/aromatic N) is 4. The lowest BCUT2D eigenvalue weighted by Crippen LogP contribution is -2.20. The molecule has 1 N–H and O–H groups in total. The van der Waals surface area contributed by atoms with Gasteiger partial charge in [-0.3, -0.25) is 4.79 Å². The molecule has 0 bridgehead atoms. The van der Waals surface area contributed by atoms with Gasteiger partial charge in [0.15, 0.2) is 0 Å². The largest absolute Gasteiger partial charge is 0.497 e. The van der Waals surface area contributed by atoms with E-state index in [1.54, 1.807) is 32.4 Å². The molecule has 0 fully saturated rings. The molecule has 0 aliphatic carbocycles. The number of rotatable bonds is 6. The number of methoxy groups -OCH3 is 2. The Morgan fingerprint density at radius 3 is 2.35 bits per heavy atom. The van der Waals surface area contributed by atoms with Crippen molar-refractivity contribution < 1.29 is 14.3 Å². The molecule has 3 rings (SSSR count). The smallest absolute Gasteiger partial charge is 0.248 e. The highest BCUT2D eigenvalue weighted by atomic mass is 16.5. The molecule has 1 heterocycles. The summed E-state index contributed by atoms with van der Waals surface area (Å²) in [4.78, 5) is 13.5. The normalized spacial score (nSPS) is 10.4. The number of tetrazole rings is 1. The molecule has 0 aliphatic rings. The van der Waals surface area contributed by atoms with E-state index in [0.29, 0.717) is 23.0 Å². The van der Waals surface area contributed by atoms with Crippen LogP contribution in [0, 0.1) is 6.92 Å². The second-order valence-corrected chi connectivity index (χ2v) is 5.66. The lowest BCUT2D eigenvalue weighted by atomic mass is 10.1. The molecule has 0 unspecified atom stereocenters. The van der Waals surface area contributed by atoms with Gasteiger partial charge < -0.3 is 14.8 Å². The number of amides is 1. The monoisotopic (exact) mass is 353 g/mol. The Bertz CT molecular complexity index is 883. The molecule has 8 nitrogen and oxygen atoms in total. The summed E-state index contributed by atoms with van der Waals surface area (Å²) >= 11 is 0. The molecule has 0 saturated carbocycles. The summed E-state index contributed by atoms with van der Waals surface area (Å²) in [6.07, 6.45) is 0. The molecule has 0 saturated heterocycles. The van der Waals surface area contributed by atoms with Crippen LogP contribution in [0.25, 0.3) is 11.4 Å². The van der Waals surface area contributed by atoms with Crippen LogP contribution in [0.3, 0.4) is 0 Å². The van der Waals surface area contributed by atoms with Crippen molar-refractivity contribution in [3.63, 3.8) is 0 Å². The van der Waals surface area contributed by atoms with Gasteiger partial charge in [-0.2, -0.15) is 4.80 Å². The topological polar surface area (TPSA) is 91.2 Å². The van der Waals surface area contributed by atoms with Gasteiger partial charge in [0.2, 0.25) is 11.7 Å². The first-order valence-electron chi connectivity index (χ1n) is 7.95. The van der Waals surface area contributed by atoms with Crippen LogP contribution in [0.1, 0.15) is 5.56 Å². The predicted molar refractivity (Wildman–Crippen MR) is 96.2 cm³/mol. The van der Waals surface area contributed by atoms with Crippen molar-refractivity contribution in [2.45, 2.75) is 13.5 Å². The van der Waals surface area contributed by atoms with Gasteiger partial charge in [0, 0.05) is 29.4 Å². The standard InChI is InChI=1S/C18H19N5O3/c1-12-4-6-13(7-5-12)18-20-22-23(21-18)11-17(24)19-14-8-15(25-2)10-16(9-14)26-3/h4-10H,11H2,1-3H3,(H,19,24). The Morgan fingerprint density at radius 2 is 1.73 bits per heavy atom. The summed E-state index contributed by atoms with van der Waals surface area (Å²) in [6, 6.07) is 12.9. The number of ether oxygens (including phenoxy) is 2. The number of aromatic nitrogens is 4. The van der Waals surface area contributed by atoms with E-state index in [2.05, 4.69) is 20.7 Å². The lowest BCUT2D eigenvalue weighted by molar-refractivity contribution is -0.117. The van der Waals surface area contributed by atoms with Crippen LogP contribution in [0.15, 0.2) is 42.5 Å². The minimum atomic E-state index is -0.284. The van der Waals surface area contributed by atoms with Crippen LogP contribution in [0.4, 0.5) is 5.69 Å². The van der Waals surface area contributed by atoms with Crippen LogP contribution >= 0.6 is 0 Å². The second kappa shape index (κ2) is 7.64. The minimum absolute atomic E-state index is 0.0572. The first-order chi connectivity index (χ1) is 12.6. The van der Waals surface area contributed by atoms with Crippen molar-refractivity contribution in [3.8, 4) is 22.9 Å². The Morgan fingerprint density at radius 1 is 1.08 bits per heavy atom. The first kappa shape index (κ1) is 17.4. The van der Waals surface area contributed by atoms with Crippen molar-refractivity contribution in [3.05, 3.63) is 48.0 Å². The zero-order chi connectivity index (χ0) is 18.5. The zero-order valence-corrected chi connectivity index (χ0v) is 14.8. The highest BCUT2D eigenvalue weighted by Gasteiger charge is 2.11. The maximum atomic E-state index is 12.3. The number of hydrogen-bond donors (Lipinski definition) is 1. The molecule has 1 amide bonds. The van der Waals surface area contributed by atoms with E-state index in [-0.39, 0.29) is 12.5 Å². The van der Waals surface area contributed by atoms with Crippen molar-refractivity contribution in [2.24, 2.45) is 0 Å². The fourth-order valence-corrected chi connectivity index (χ4v) is 2.34. The number of benzene rings is 2. The molecule has 8 heteroatoms. The van der Waals surface area contributed by atoms with Gasteiger partial charge in [-0.05, 0) is 12.1 Å². The number of carbonyl (C=O) groups is 1. The maximum absolute atomic E-state index is 12.3. The third kappa shape index (κ3) is 4.15. The number of carbonyl (C=O) groups excluding carboxylic acids is 1. The Labute approximate surface area is 150 Å². The average molecular weight is 353 g/mol. The molecular formula is C18H19N5O3. The van der Waals surface area contributed by atoms with Gasteiger partial charge in [0.05, 0.1) is 14.2 Å². The van der Waals surface area contributed by atoms with Crippen molar-refractivity contribution >= 4 is 11.6 Å². The fourth-order valence-electron chi connectivity index (χ4n) is 2.34. The summed E-state index contributed by atoms with van der Waals surface area (Å²) in [5, 5.41) is 14.9. The van der Waals surface area contributed by atoms with Gasteiger partial charge in [0.25, 0.3) is 0 Å². The summed E-state index contributed by atoms with van der Waals surface area (Å²) in [5.41, 5.74) is 2.55. The van der Waals surface area contributed by atoms with Crippen LogP contribution < -0.4 is 14.8 Å². The zero-order valence-electron chi connectivity index (χ0n) is 14.8. The molecule has 0 aliphatic heterocycles. The van der Waals surface area contributed by atoms with Crippen LogP contribution in [-0.2, 0) is 11.3 Å². The molecule has 0 spiro atoms. The highest BCUT2D eigenvalue weighted by Crippen LogP contribution is 2.25. The summed E-state index contributed by atoms with van der Waals surface area (Å²) in [7, 11) is 3.10. The lowest BCUT2D eigenvalue weighted by Gasteiger charge is -2.09. The third-order valence-corrected chi connectivity index (χ3v) is 3.68. The van der Waals surface area contributed by atoms with Crippen LogP contribution in [0.2, 0.25) is 0 Å². The maximum Gasteiger partial charge on any atom is 0.248 e. The van der Waals surface area contributed by atoms with Gasteiger partial charge in [-0.25, -0.2) is 0 Å². The molecule has 134 valence electrons. The van der Waals surface area contributed by atoms with E-state index >= 15 is 0 Å². The number of hydrogen-bond acceptors (Lipinski definition) is 6. The SMILES string of the molecule is COc1cc(NC(=O)Cn2nnc(-c3ccc(C)cc3)n2)cc(OC)c1. The number of aryl methyl sites for hydroxylation is 1. The summed E-state index contributed by atoms with van der Waals surface area (Å²) in [6.45, 7) is 1.95. The molecular weight excluding hydrogens is 334 g/mol. The van der Waals surface area contributed by atoms with E-state index in [1.165, 1.54) is 4.80 Å². The van der Waals surface area contributed by atoms with Crippen molar-refractivity contribution in [1.82, 2.24) is 20.2 Å². The van der Waals surface area contributed by atoms with E-state index in [1.807, 2.05) is 31.2 Å². The van der Waals surface area contributed by atoms with Gasteiger partial charge >= 0.3 is 0 Å². The molecule has 1 aromatic heterocycles. The van der Waals surface area contributed by atoms with Gasteiger partial charge in [0.1, 0.15) is 18.0 Å². The van der Waals surface area contributed by atoms with E-state index in [0.717, 1.165) is 11.1 Å². The molecule has 2 aromatic carbocycles. The average Bonchev–Trinajstić information content (AvgIpc) is 3.10. The Kier molecular flexibility index (Phi) is 5.12. The van der Waals surface area contributed by atoms with E-state index in [9.17, 15) is 4.79 Å². The fraction of sp³-hybridized carbons (Fsp3) is 0.222. The summed E-state index contributed by atoms with van der Waals surface area (Å²) < 4.78 is 10.4. The minimum Gasteiger partial charge on any atom is -0.497 e. The van der Waals surface area contributed by atoms with Crippen molar-refractivity contribution in [2.75, 3.05) is 19.5 Å². The predicted octanol–water partition coefficient (Wildman–Crippen LogP) is 2.30.